The van der Waals surface area contributed by atoms with Gasteiger partial charge in [0.05, 0.1) is 85.7 Å². The van der Waals surface area contributed by atoms with E-state index in [0.717, 1.165) is 316 Å². The minimum atomic E-state index is -0.493. The lowest BCUT2D eigenvalue weighted by atomic mass is 9.47. The molecule has 0 radical (unpaired) electrons. The highest BCUT2D eigenvalue weighted by Gasteiger charge is 2.61. The lowest BCUT2D eigenvalue weighted by Crippen LogP contribution is -2.51. The summed E-state index contributed by atoms with van der Waals surface area (Å²) >= 11 is 0. The largest absolute Gasteiger partial charge is 0.493 e. The summed E-state index contributed by atoms with van der Waals surface area (Å²) in [6.07, 6.45) is 70.0. The Morgan fingerprint density at radius 3 is 0.887 bits per heavy atom. The maximum absolute atomic E-state index is 16.1. The van der Waals surface area contributed by atoms with Crippen LogP contribution in [0, 0.1) is 92.7 Å². The highest BCUT2D eigenvalue weighted by Crippen LogP contribution is 2.70. The molecule has 142 heavy (non-hydrogen) atoms. The van der Waals surface area contributed by atoms with Crippen LogP contribution in [0.5, 0.6) is 34.5 Å². The Kier molecular flexibility index (Phi) is 49.4. The van der Waals surface area contributed by atoms with Crippen LogP contribution in [-0.4, -0.2) is 88.7 Å². The summed E-state index contributed by atoms with van der Waals surface area (Å²) in [5, 5.41) is 13.2. The first-order chi connectivity index (χ1) is 68.8. The quantitative estimate of drug-likeness (QED) is 0.0309. The fraction of sp³-hybridized carbons (Fsp3) is 0.794. The molecule has 16 nitrogen and oxygen atoms in total. The summed E-state index contributed by atoms with van der Waals surface area (Å²) in [4.78, 5) is 61.6. The van der Waals surface area contributed by atoms with Crippen molar-refractivity contribution in [2.24, 2.45) is 92.7 Å². The molecule has 0 unspecified atom stereocenters. The predicted molar refractivity (Wildman–Crippen MR) is 591 cm³/mol. The van der Waals surface area contributed by atoms with Gasteiger partial charge in [-0.05, 0) is 246 Å². The summed E-state index contributed by atoms with van der Waals surface area (Å²) in [7, 11) is 0. The van der Waals surface area contributed by atoms with E-state index in [9.17, 15) is 9.59 Å². The third-order valence-electron chi connectivity index (χ3n) is 36.7. The van der Waals surface area contributed by atoms with Gasteiger partial charge in [-0.2, -0.15) is 0 Å². The van der Waals surface area contributed by atoms with Crippen LogP contribution in [0.25, 0.3) is 0 Å². The zero-order valence-corrected chi connectivity index (χ0v) is 93.3. The van der Waals surface area contributed by atoms with Crippen LogP contribution in [0.15, 0.2) is 59.7 Å². The van der Waals surface area contributed by atoms with E-state index in [2.05, 4.69) is 144 Å². The molecular formula is C126H206N4O12. The van der Waals surface area contributed by atoms with Gasteiger partial charge in [-0.3, -0.25) is 19.2 Å². The van der Waals surface area contributed by atoms with Gasteiger partial charge in [0.1, 0.15) is 47.7 Å². The summed E-state index contributed by atoms with van der Waals surface area (Å²) < 4.78 is 54.6. The Bertz CT molecular complexity index is 4040. The Morgan fingerprint density at radius 2 is 0.592 bits per heavy atom. The van der Waals surface area contributed by atoms with E-state index in [0.29, 0.717) is 108 Å². The van der Waals surface area contributed by atoms with Crippen molar-refractivity contribution in [2.75, 3.05) is 74.1 Å². The SMILES string of the molecule is CCCCCCCCOc1cc(NC(=O)c2cc(OCCCCCCCC)c(C(=O)Nc3cc(OCCCCCCCC)c(NC(=O)CO[C@H]4CC[C@@]5(C)C(=CC[C@H]6[C@@H]7CC[C@H]([C@H](C)CCCC(C)C)[C@@]7(C)CC[C@@H]65)C4)cc3OCCCCCCCC)cc2OCCCCCCCC)c(OCCCCCCCC)cc1NC(=O)CO[C@H]1CC[C@@]2(C)C(=CC[C@H]3[C@@H]4CC[C@H]([C@H](C)CCCC(C)C)[C@@]4(C)CC[C@@H]32)C1. The third-order valence-corrected chi connectivity index (χ3v) is 36.7. The van der Waals surface area contributed by atoms with E-state index in [1.807, 2.05) is 24.3 Å². The van der Waals surface area contributed by atoms with E-state index in [1.54, 1.807) is 23.3 Å². The number of hydrogen-bond donors (Lipinski definition) is 4. The Morgan fingerprint density at radius 1 is 0.310 bits per heavy atom. The average molecular weight is 1970 g/mol. The standard InChI is InChI=1S/C126H206N4O12/c1-17-23-29-35-41-47-75-135-113-83-102(122(134)130-112-88-116(138-78-50-44-38-32-26-20-4)110(86-118(112)140-80-52-46-40-34-28-22-6)128-120(132)90-142-98-68-72-124(14)96(82-98)60-62-100-106-66-64-104(94(12)58-54-56-92(9)10)126(106,16)74-70-108(100)124)114(136-76-48-42-36-30-24-18-2)84-101(113)121(133)129-111-87-115(137-77-49-43-37-31-25-19-3)109(85-117(111)139-79-51-45-39-33-27-21-5)127-119(131)89-141-97-67-71-123(13)95(81-97)59-61-99-105-65-63-103(93(11)57-53-55-91(7)8)125(105,15)73-69-107(99)123/h59-60,83-88,91-94,97-100,103-108H,17-58,61-82,89-90H2,1-16H3,(H,127,131)(H,128,132)(H,129,133)(H,130,134)/t93-,94-,97+,98+,99+,100+,103-,104-,105+,106+,107+,108+,123+,124+,125-,126-/m1/s1. The molecule has 8 aliphatic carbocycles. The molecule has 0 heterocycles. The summed E-state index contributed by atoms with van der Waals surface area (Å²) in [6, 6.07) is 10.6. The van der Waals surface area contributed by atoms with Crippen LogP contribution in [0.2, 0.25) is 0 Å². The topological polar surface area (TPSA) is 190 Å². The number of hydrogen-bond acceptors (Lipinski definition) is 12. The summed E-state index contributed by atoms with van der Waals surface area (Å²) in [5.41, 5.74) is 6.29. The Hall–Kier alpha value is -6.26. The predicted octanol–water partition coefficient (Wildman–Crippen LogP) is 35.4. The molecule has 11 rings (SSSR count). The van der Waals surface area contributed by atoms with E-state index >= 15 is 9.59 Å². The van der Waals surface area contributed by atoms with Crippen LogP contribution < -0.4 is 49.7 Å². The number of carbonyl (C=O) groups is 4. The lowest BCUT2D eigenvalue weighted by molar-refractivity contribution is -0.124. The molecule has 16 atom stereocenters. The number of amides is 4. The number of ether oxygens (including phenoxy) is 8. The van der Waals surface area contributed by atoms with Crippen molar-refractivity contribution in [2.45, 2.75) is 495 Å². The first-order valence-corrected chi connectivity index (χ1v) is 60.0. The molecule has 0 saturated heterocycles. The van der Waals surface area contributed by atoms with Crippen molar-refractivity contribution >= 4 is 46.4 Å². The number of benzene rings is 3. The fourth-order valence-corrected chi connectivity index (χ4v) is 28.3. The van der Waals surface area contributed by atoms with Crippen molar-refractivity contribution < 1.29 is 57.1 Å². The molecule has 0 aliphatic heterocycles. The van der Waals surface area contributed by atoms with Crippen LogP contribution in [0.3, 0.4) is 0 Å². The molecule has 8 aliphatic rings. The number of nitrogens with one attached hydrogen (secondary N) is 4. The second-order valence-corrected chi connectivity index (χ2v) is 48.2. The Balaban J connectivity index is 0.869. The van der Waals surface area contributed by atoms with E-state index in [-0.39, 0.29) is 70.7 Å². The average Bonchev–Trinajstić information content (AvgIpc) is 1.50. The maximum atomic E-state index is 16.1. The summed E-state index contributed by atoms with van der Waals surface area (Å²) in [6.45, 7) is 40.6. The van der Waals surface area contributed by atoms with Gasteiger partial charge in [0, 0.05) is 24.3 Å². The van der Waals surface area contributed by atoms with Crippen LogP contribution in [0.4, 0.5) is 22.7 Å². The first kappa shape index (κ1) is 116. The molecule has 0 spiro atoms. The van der Waals surface area contributed by atoms with Crippen molar-refractivity contribution in [1.29, 1.82) is 0 Å². The van der Waals surface area contributed by atoms with E-state index in [1.165, 1.54) is 116 Å². The van der Waals surface area contributed by atoms with Gasteiger partial charge in [0.25, 0.3) is 11.8 Å². The number of carbonyl (C=O) groups excluding carboxylic acids is 4. The molecule has 6 saturated carbocycles. The second kappa shape index (κ2) is 60.4. The molecule has 16 heteroatoms. The first-order valence-electron chi connectivity index (χ1n) is 60.0. The van der Waals surface area contributed by atoms with Gasteiger partial charge in [-0.15, -0.1) is 0 Å². The van der Waals surface area contributed by atoms with Crippen molar-refractivity contribution in [3.8, 4) is 34.5 Å². The van der Waals surface area contributed by atoms with Crippen molar-refractivity contribution in [1.82, 2.24) is 0 Å². The molecule has 0 aromatic heterocycles. The highest BCUT2D eigenvalue weighted by atomic mass is 16.5. The number of anilines is 4. The van der Waals surface area contributed by atoms with Crippen LogP contribution in [0.1, 0.15) is 504 Å². The van der Waals surface area contributed by atoms with Crippen molar-refractivity contribution in [3.63, 3.8) is 0 Å². The normalized spacial score (nSPS) is 25.3. The number of allylic oxidation sites excluding steroid dienone is 2. The molecule has 6 fully saturated rings. The maximum Gasteiger partial charge on any atom is 0.259 e. The molecule has 802 valence electrons. The van der Waals surface area contributed by atoms with Gasteiger partial charge in [0.2, 0.25) is 11.8 Å². The van der Waals surface area contributed by atoms with Gasteiger partial charge in [-0.25, -0.2) is 0 Å². The smallest absolute Gasteiger partial charge is 0.259 e. The van der Waals surface area contributed by atoms with Gasteiger partial charge < -0.3 is 59.2 Å². The zero-order valence-electron chi connectivity index (χ0n) is 93.3. The zero-order chi connectivity index (χ0) is 101. The van der Waals surface area contributed by atoms with E-state index in [4.69, 9.17) is 37.9 Å². The number of rotatable bonds is 70. The molecular weight excluding hydrogens is 1760 g/mol. The van der Waals surface area contributed by atoms with Crippen LogP contribution >= 0.6 is 0 Å². The van der Waals surface area contributed by atoms with Gasteiger partial charge in [-0.1, -0.05) is 365 Å². The molecule has 3 aromatic carbocycles. The fourth-order valence-electron chi connectivity index (χ4n) is 28.3. The van der Waals surface area contributed by atoms with Crippen LogP contribution in [-0.2, 0) is 19.1 Å². The number of unbranched alkanes of at least 4 members (excludes halogenated alkanes) is 30. The lowest BCUT2D eigenvalue weighted by Gasteiger charge is -2.58. The minimum Gasteiger partial charge on any atom is -0.493 e. The Labute approximate surface area is 865 Å². The van der Waals surface area contributed by atoms with E-state index < -0.39 is 11.8 Å². The van der Waals surface area contributed by atoms with Crippen molar-refractivity contribution in [3.05, 3.63) is 70.8 Å². The highest BCUT2D eigenvalue weighted by molar-refractivity contribution is 6.12. The second-order valence-electron chi connectivity index (χ2n) is 48.2. The molecule has 0 bridgehead atoms. The molecule has 4 N–H and O–H groups in total. The minimum absolute atomic E-state index is 0.0646. The molecule has 4 amide bonds. The number of fused-ring (bicyclic) bond motifs is 10. The monoisotopic (exact) mass is 1970 g/mol. The third kappa shape index (κ3) is 33.4. The van der Waals surface area contributed by atoms with Gasteiger partial charge in [0.15, 0.2) is 0 Å². The van der Waals surface area contributed by atoms with Gasteiger partial charge >= 0.3 is 0 Å². The summed E-state index contributed by atoms with van der Waals surface area (Å²) in [5.74, 6) is 9.76. The molecule has 3 aromatic rings.